The summed E-state index contributed by atoms with van der Waals surface area (Å²) in [5, 5.41) is 0. The number of hydrogen-bond acceptors (Lipinski definition) is 3. The van der Waals surface area contributed by atoms with Crippen LogP contribution in [0.15, 0.2) is 22.7 Å². The van der Waals surface area contributed by atoms with Crippen molar-refractivity contribution in [2.24, 2.45) is 5.73 Å². The first kappa shape index (κ1) is 16.2. The zero-order valence-electron chi connectivity index (χ0n) is 9.86. The smallest absolute Gasteiger partial charge is 0.301 e. The second-order valence-electron chi connectivity index (χ2n) is 3.70. The van der Waals surface area contributed by atoms with Gasteiger partial charge in [0.05, 0.1) is 5.69 Å². The minimum atomic E-state index is -3.53. The Bertz CT molecular complexity index is 510. The van der Waals surface area contributed by atoms with Gasteiger partial charge < -0.3 is 5.73 Å². The van der Waals surface area contributed by atoms with Gasteiger partial charge in [-0.05, 0) is 69.7 Å². The highest BCUT2D eigenvalue weighted by Gasteiger charge is 2.18. The third-order valence-electron chi connectivity index (χ3n) is 2.25. The molecule has 0 bridgehead atoms. The summed E-state index contributed by atoms with van der Waals surface area (Å²) >= 11 is 5.44. The molecule has 0 aliphatic heterocycles. The molecule has 0 amide bonds. The summed E-state index contributed by atoms with van der Waals surface area (Å²) in [7, 11) is -2.00. The van der Waals surface area contributed by atoms with Gasteiger partial charge in [0.25, 0.3) is 0 Å². The Labute approximate surface area is 130 Å². The summed E-state index contributed by atoms with van der Waals surface area (Å²) in [6, 6.07) is 5.46. The Morgan fingerprint density at radius 2 is 2.17 bits per heavy atom. The van der Waals surface area contributed by atoms with E-state index in [0.717, 1.165) is 3.57 Å². The molecule has 0 saturated carbocycles. The molecular weight excluding hydrogens is 433 g/mol. The molecule has 0 heterocycles. The van der Waals surface area contributed by atoms with E-state index in [1.54, 1.807) is 12.1 Å². The van der Waals surface area contributed by atoms with E-state index in [-0.39, 0.29) is 0 Å². The molecule has 0 aliphatic rings. The number of rotatable bonds is 6. The van der Waals surface area contributed by atoms with E-state index in [9.17, 15) is 8.42 Å². The maximum absolute atomic E-state index is 12.0. The maximum atomic E-state index is 12.0. The zero-order valence-corrected chi connectivity index (χ0v) is 14.4. The minimum absolute atomic E-state index is 0.396. The summed E-state index contributed by atoms with van der Waals surface area (Å²) < 4.78 is 29.5. The lowest BCUT2D eigenvalue weighted by molar-refractivity contribution is 0.468. The Kier molecular flexibility index (Phi) is 6.31. The first-order valence-electron chi connectivity index (χ1n) is 5.26. The van der Waals surface area contributed by atoms with Crippen LogP contribution in [-0.2, 0) is 10.2 Å². The van der Waals surface area contributed by atoms with Gasteiger partial charge in [-0.3, -0.25) is 4.72 Å². The first-order chi connectivity index (χ1) is 8.36. The van der Waals surface area contributed by atoms with Crippen molar-refractivity contribution in [3.8, 4) is 0 Å². The summed E-state index contributed by atoms with van der Waals surface area (Å²) in [4.78, 5) is 0. The summed E-state index contributed by atoms with van der Waals surface area (Å²) in [6.45, 7) is 0.861. The van der Waals surface area contributed by atoms with E-state index >= 15 is 0 Å². The van der Waals surface area contributed by atoms with Crippen molar-refractivity contribution >= 4 is 54.4 Å². The molecule has 0 aliphatic carbocycles. The number of benzene rings is 1. The van der Waals surface area contributed by atoms with Crippen molar-refractivity contribution in [2.45, 2.75) is 6.42 Å². The van der Waals surface area contributed by atoms with Gasteiger partial charge in [0, 0.05) is 21.6 Å². The van der Waals surface area contributed by atoms with Crippen molar-refractivity contribution in [1.82, 2.24) is 4.31 Å². The quantitative estimate of drug-likeness (QED) is 0.655. The van der Waals surface area contributed by atoms with Crippen LogP contribution < -0.4 is 10.5 Å². The van der Waals surface area contributed by atoms with Crippen LogP contribution in [0.4, 0.5) is 5.69 Å². The molecule has 0 aromatic heterocycles. The average Bonchev–Trinajstić information content (AvgIpc) is 2.30. The Morgan fingerprint density at radius 1 is 1.50 bits per heavy atom. The van der Waals surface area contributed by atoms with Gasteiger partial charge in [0.1, 0.15) is 0 Å². The van der Waals surface area contributed by atoms with Crippen molar-refractivity contribution in [3.05, 3.63) is 26.2 Å². The molecule has 3 N–H and O–H groups in total. The molecule has 1 aromatic carbocycles. The van der Waals surface area contributed by atoms with E-state index in [2.05, 4.69) is 43.2 Å². The average molecular weight is 448 g/mol. The second kappa shape index (κ2) is 7.04. The van der Waals surface area contributed by atoms with Crippen LogP contribution in [0, 0.1) is 3.57 Å². The number of nitrogens with two attached hydrogens (primary N) is 1. The predicted octanol–water partition coefficient (Wildman–Crippen LogP) is 1.99. The van der Waals surface area contributed by atoms with Crippen LogP contribution in [0.25, 0.3) is 0 Å². The van der Waals surface area contributed by atoms with E-state index < -0.39 is 10.2 Å². The van der Waals surface area contributed by atoms with Crippen molar-refractivity contribution in [3.63, 3.8) is 0 Å². The largest absolute Gasteiger partial charge is 0.330 e. The fraction of sp³-hybridized carbons (Fsp3) is 0.400. The van der Waals surface area contributed by atoms with Gasteiger partial charge >= 0.3 is 10.2 Å². The third kappa shape index (κ3) is 4.65. The minimum Gasteiger partial charge on any atom is -0.330 e. The molecule has 0 fully saturated rings. The standard InChI is InChI=1S/C10H15BrIN3O2S/c1-15(6-2-5-13)18(16,17)14-10-7-8(12)3-4-9(10)11/h3-4,7,14H,2,5-6,13H2,1H3. The highest BCUT2D eigenvalue weighted by molar-refractivity contribution is 14.1. The van der Waals surface area contributed by atoms with Gasteiger partial charge in [-0.15, -0.1) is 0 Å². The van der Waals surface area contributed by atoms with Gasteiger partial charge in [0.2, 0.25) is 0 Å². The Morgan fingerprint density at radius 3 is 2.78 bits per heavy atom. The molecule has 5 nitrogen and oxygen atoms in total. The third-order valence-corrected chi connectivity index (χ3v) is 5.10. The zero-order chi connectivity index (χ0) is 13.8. The summed E-state index contributed by atoms with van der Waals surface area (Å²) in [5.74, 6) is 0. The molecule has 0 unspecified atom stereocenters. The highest BCUT2D eigenvalue weighted by atomic mass is 127. The van der Waals surface area contributed by atoms with Crippen molar-refractivity contribution in [2.75, 3.05) is 24.9 Å². The first-order valence-corrected chi connectivity index (χ1v) is 8.57. The molecular formula is C10H15BrIN3O2S. The van der Waals surface area contributed by atoms with E-state index in [0.29, 0.717) is 29.7 Å². The molecule has 1 aromatic rings. The molecule has 0 radical (unpaired) electrons. The van der Waals surface area contributed by atoms with Crippen LogP contribution >= 0.6 is 38.5 Å². The lowest BCUT2D eigenvalue weighted by Gasteiger charge is -2.18. The number of nitrogens with zero attached hydrogens (tertiary/aromatic N) is 1. The van der Waals surface area contributed by atoms with E-state index in [1.807, 2.05) is 6.07 Å². The molecule has 0 atom stereocenters. The van der Waals surface area contributed by atoms with Crippen molar-refractivity contribution in [1.29, 1.82) is 0 Å². The topological polar surface area (TPSA) is 75.4 Å². The summed E-state index contributed by atoms with van der Waals surface area (Å²) in [5.41, 5.74) is 5.90. The normalized spacial score (nSPS) is 11.8. The molecule has 1 rings (SSSR count). The van der Waals surface area contributed by atoms with Crippen LogP contribution in [0.5, 0.6) is 0 Å². The van der Waals surface area contributed by atoms with E-state index in [4.69, 9.17) is 5.73 Å². The van der Waals surface area contributed by atoms with Gasteiger partial charge in [0.15, 0.2) is 0 Å². The SMILES string of the molecule is CN(CCCN)S(=O)(=O)Nc1cc(I)ccc1Br. The van der Waals surface area contributed by atoms with Crippen LogP contribution in [0.3, 0.4) is 0 Å². The fourth-order valence-electron chi connectivity index (χ4n) is 1.23. The van der Waals surface area contributed by atoms with Gasteiger partial charge in [-0.1, -0.05) is 0 Å². The maximum Gasteiger partial charge on any atom is 0.301 e. The molecule has 8 heteroatoms. The molecule has 102 valence electrons. The van der Waals surface area contributed by atoms with E-state index in [1.165, 1.54) is 11.4 Å². The number of halogens is 2. The van der Waals surface area contributed by atoms with Crippen LogP contribution in [-0.4, -0.2) is 32.9 Å². The van der Waals surface area contributed by atoms with Gasteiger partial charge in [-0.25, -0.2) is 0 Å². The highest BCUT2D eigenvalue weighted by Crippen LogP contribution is 2.25. The Hall–Kier alpha value is 0.1000. The molecule has 18 heavy (non-hydrogen) atoms. The van der Waals surface area contributed by atoms with Crippen LogP contribution in [0.2, 0.25) is 0 Å². The number of hydrogen-bond donors (Lipinski definition) is 2. The lowest BCUT2D eigenvalue weighted by Crippen LogP contribution is -2.34. The second-order valence-corrected chi connectivity index (χ2v) is 7.57. The Balaban J connectivity index is 2.85. The number of nitrogens with one attached hydrogen (secondary N) is 1. The van der Waals surface area contributed by atoms with Crippen molar-refractivity contribution < 1.29 is 8.42 Å². The predicted molar refractivity (Wildman–Crippen MR) is 85.7 cm³/mol. The number of anilines is 1. The summed E-state index contributed by atoms with van der Waals surface area (Å²) in [6.07, 6.45) is 0.630. The van der Waals surface area contributed by atoms with Crippen LogP contribution in [0.1, 0.15) is 6.42 Å². The monoisotopic (exact) mass is 447 g/mol. The molecule has 0 saturated heterocycles. The fourth-order valence-corrected chi connectivity index (χ4v) is 3.17. The van der Waals surface area contributed by atoms with Gasteiger partial charge in [-0.2, -0.15) is 12.7 Å². The lowest BCUT2D eigenvalue weighted by atomic mass is 10.3. The molecule has 0 spiro atoms.